The highest BCUT2D eigenvalue weighted by atomic mass is 16.7. The van der Waals surface area contributed by atoms with Crippen LogP contribution in [0.3, 0.4) is 0 Å². The lowest BCUT2D eigenvalue weighted by Gasteiger charge is -2.23. The first kappa shape index (κ1) is 29.9. The highest BCUT2D eigenvalue weighted by Crippen LogP contribution is 2.32. The average Bonchev–Trinajstić information content (AvgIpc) is 3.56. The molecular formula is C28H56O4. The fraction of sp³-hybridized carbons (Fsp3) is 1.00. The van der Waals surface area contributed by atoms with E-state index in [4.69, 9.17) is 18.9 Å². The zero-order valence-electron chi connectivity index (χ0n) is 22.2. The molecule has 1 aliphatic heterocycles. The Bertz CT molecular complexity index is 406. The number of ether oxygens (including phenoxy) is 4. The van der Waals surface area contributed by atoms with Crippen LogP contribution in [0.15, 0.2) is 0 Å². The van der Waals surface area contributed by atoms with E-state index in [1.807, 2.05) is 13.8 Å². The van der Waals surface area contributed by atoms with Gasteiger partial charge in [-0.25, -0.2) is 0 Å². The Morgan fingerprint density at radius 3 is 1.59 bits per heavy atom. The van der Waals surface area contributed by atoms with Gasteiger partial charge in [0.25, 0.3) is 0 Å². The molecule has 1 aliphatic rings. The van der Waals surface area contributed by atoms with Crippen molar-refractivity contribution < 1.29 is 18.9 Å². The molecule has 1 saturated heterocycles. The number of hydrogen-bond acceptors (Lipinski definition) is 4. The third-order valence-electron chi connectivity index (χ3n) is 6.78. The second kappa shape index (κ2) is 19.2. The monoisotopic (exact) mass is 456 g/mol. The second-order valence-corrected chi connectivity index (χ2v) is 10.4. The van der Waals surface area contributed by atoms with Crippen molar-refractivity contribution in [1.29, 1.82) is 0 Å². The van der Waals surface area contributed by atoms with Gasteiger partial charge in [0.15, 0.2) is 5.79 Å². The van der Waals surface area contributed by atoms with Crippen molar-refractivity contribution >= 4 is 0 Å². The number of hydrogen-bond donors (Lipinski definition) is 0. The summed E-state index contributed by atoms with van der Waals surface area (Å²) in [6, 6.07) is 0. The van der Waals surface area contributed by atoms with Crippen LogP contribution in [0.25, 0.3) is 0 Å². The van der Waals surface area contributed by atoms with Crippen molar-refractivity contribution in [2.24, 2.45) is 0 Å². The third-order valence-corrected chi connectivity index (χ3v) is 6.78. The highest BCUT2D eigenvalue weighted by Gasteiger charge is 2.44. The fourth-order valence-electron chi connectivity index (χ4n) is 4.18. The Morgan fingerprint density at radius 1 is 0.688 bits per heavy atom. The lowest BCUT2D eigenvalue weighted by Crippen LogP contribution is -2.28. The molecule has 1 rings (SSSR count). The van der Waals surface area contributed by atoms with Crippen LogP contribution in [-0.4, -0.2) is 44.9 Å². The Hall–Kier alpha value is -0.160. The summed E-state index contributed by atoms with van der Waals surface area (Å²) in [6.45, 7) is 9.32. The number of methoxy groups -OCH3 is 1. The minimum absolute atomic E-state index is 0.0321. The average molecular weight is 457 g/mol. The summed E-state index contributed by atoms with van der Waals surface area (Å²) in [6.07, 6.45) is 24.5. The smallest absolute Gasteiger partial charge is 0.162 e. The molecule has 0 radical (unpaired) electrons. The Labute approximate surface area is 200 Å². The van der Waals surface area contributed by atoms with Crippen LogP contribution in [0.4, 0.5) is 0 Å². The lowest BCUT2D eigenvalue weighted by molar-refractivity contribution is -0.197. The first-order chi connectivity index (χ1) is 15.5. The SMILES string of the molecule is CCCCCCCCCCCCCCCCCCOCC1(CCCOC(C)(C)OC)CO1. The molecule has 4 nitrogen and oxygen atoms in total. The Kier molecular flexibility index (Phi) is 17.9. The standard InChI is InChI=1S/C28H56O4/c1-5-6-7-8-9-10-11-12-13-14-15-16-17-18-19-20-23-30-25-28(26-32-28)22-21-24-31-27(2,3)29-4/h5-26H2,1-4H3. The van der Waals surface area contributed by atoms with Crippen LogP contribution in [0, 0.1) is 0 Å². The predicted molar refractivity (Wildman–Crippen MR) is 135 cm³/mol. The number of rotatable bonds is 25. The van der Waals surface area contributed by atoms with Crippen LogP contribution < -0.4 is 0 Å². The van der Waals surface area contributed by atoms with Crippen LogP contribution in [0.2, 0.25) is 0 Å². The second-order valence-electron chi connectivity index (χ2n) is 10.4. The minimum atomic E-state index is -0.499. The van der Waals surface area contributed by atoms with E-state index in [9.17, 15) is 0 Å². The maximum absolute atomic E-state index is 5.91. The summed E-state index contributed by atoms with van der Waals surface area (Å²) in [4.78, 5) is 0. The maximum atomic E-state index is 5.91. The molecule has 1 heterocycles. The minimum Gasteiger partial charge on any atom is -0.378 e. The van der Waals surface area contributed by atoms with E-state index >= 15 is 0 Å². The molecule has 0 aromatic rings. The van der Waals surface area contributed by atoms with E-state index in [0.717, 1.165) is 32.7 Å². The van der Waals surface area contributed by atoms with E-state index in [1.54, 1.807) is 7.11 Å². The third kappa shape index (κ3) is 17.3. The van der Waals surface area contributed by atoms with E-state index in [-0.39, 0.29) is 5.60 Å². The highest BCUT2D eigenvalue weighted by molar-refractivity contribution is 4.91. The quantitative estimate of drug-likeness (QED) is 0.0788. The van der Waals surface area contributed by atoms with Crippen LogP contribution >= 0.6 is 0 Å². The fourth-order valence-corrected chi connectivity index (χ4v) is 4.18. The summed E-state index contributed by atoms with van der Waals surface area (Å²) in [5.74, 6) is -0.499. The molecule has 0 bridgehead atoms. The molecular weight excluding hydrogens is 400 g/mol. The van der Waals surface area contributed by atoms with Crippen molar-refractivity contribution in [1.82, 2.24) is 0 Å². The number of epoxide rings is 1. The Morgan fingerprint density at radius 2 is 1.16 bits per heavy atom. The zero-order valence-corrected chi connectivity index (χ0v) is 22.2. The van der Waals surface area contributed by atoms with Gasteiger partial charge in [0.2, 0.25) is 0 Å². The van der Waals surface area contributed by atoms with E-state index in [0.29, 0.717) is 6.61 Å². The van der Waals surface area contributed by atoms with Gasteiger partial charge in [-0.05, 0) is 33.1 Å². The molecule has 1 fully saturated rings. The van der Waals surface area contributed by atoms with Gasteiger partial charge in [0, 0.05) is 13.7 Å². The van der Waals surface area contributed by atoms with Gasteiger partial charge < -0.3 is 18.9 Å². The summed E-state index contributed by atoms with van der Waals surface area (Å²) in [5, 5.41) is 0. The van der Waals surface area contributed by atoms with Gasteiger partial charge in [-0.1, -0.05) is 103 Å². The van der Waals surface area contributed by atoms with Crippen molar-refractivity contribution in [3.05, 3.63) is 0 Å². The molecule has 0 N–H and O–H groups in total. The van der Waals surface area contributed by atoms with Crippen LogP contribution in [0.5, 0.6) is 0 Å². The topological polar surface area (TPSA) is 40.2 Å². The number of unbranched alkanes of at least 4 members (excludes halogenated alkanes) is 15. The van der Waals surface area contributed by atoms with E-state index < -0.39 is 5.79 Å². The molecule has 0 amide bonds. The molecule has 0 aromatic heterocycles. The van der Waals surface area contributed by atoms with Gasteiger partial charge in [-0.15, -0.1) is 0 Å². The van der Waals surface area contributed by atoms with Crippen molar-refractivity contribution in [3.63, 3.8) is 0 Å². The predicted octanol–water partition coefficient (Wildman–Crippen LogP) is 8.21. The first-order valence-electron chi connectivity index (χ1n) is 13.9. The van der Waals surface area contributed by atoms with Gasteiger partial charge in [-0.3, -0.25) is 0 Å². The Balaban J connectivity index is 1.77. The van der Waals surface area contributed by atoms with Gasteiger partial charge in [0.1, 0.15) is 5.60 Å². The molecule has 0 saturated carbocycles. The molecule has 1 unspecified atom stereocenters. The lowest BCUT2D eigenvalue weighted by atomic mass is 10.0. The summed E-state index contributed by atoms with van der Waals surface area (Å²) >= 11 is 0. The van der Waals surface area contributed by atoms with Crippen LogP contribution in [0.1, 0.15) is 136 Å². The van der Waals surface area contributed by atoms with E-state index in [1.165, 1.54) is 103 Å². The van der Waals surface area contributed by atoms with Crippen molar-refractivity contribution in [3.8, 4) is 0 Å². The summed E-state index contributed by atoms with van der Waals surface area (Å²) in [7, 11) is 1.68. The van der Waals surface area contributed by atoms with Crippen molar-refractivity contribution in [2.45, 2.75) is 148 Å². The molecule has 0 aliphatic carbocycles. The molecule has 0 aromatic carbocycles. The van der Waals surface area contributed by atoms with Crippen molar-refractivity contribution in [2.75, 3.05) is 33.5 Å². The van der Waals surface area contributed by atoms with Gasteiger partial charge in [-0.2, -0.15) is 0 Å². The zero-order chi connectivity index (χ0) is 23.4. The normalized spacial score (nSPS) is 18.4. The maximum Gasteiger partial charge on any atom is 0.162 e. The van der Waals surface area contributed by atoms with Gasteiger partial charge in [0.05, 0.1) is 19.8 Å². The molecule has 1 atom stereocenters. The van der Waals surface area contributed by atoms with E-state index in [2.05, 4.69) is 6.92 Å². The van der Waals surface area contributed by atoms with Gasteiger partial charge >= 0.3 is 0 Å². The summed E-state index contributed by atoms with van der Waals surface area (Å²) < 4.78 is 22.6. The molecule has 192 valence electrons. The molecule has 4 heteroatoms. The largest absolute Gasteiger partial charge is 0.378 e. The molecule has 0 spiro atoms. The molecule has 32 heavy (non-hydrogen) atoms. The first-order valence-corrected chi connectivity index (χ1v) is 13.9. The summed E-state index contributed by atoms with van der Waals surface area (Å²) in [5.41, 5.74) is -0.0321. The van der Waals surface area contributed by atoms with Crippen LogP contribution in [-0.2, 0) is 18.9 Å².